The molecule has 0 aromatic carbocycles. The van der Waals surface area contributed by atoms with E-state index in [4.69, 9.17) is 14.5 Å². The van der Waals surface area contributed by atoms with E-state index < -0.39 is 11.9 Å². The van der Waals surface area contributed by atoms with Gasteiger partial charge in [0.25, 0.3) is 0 Å². The van der Waals surface area contributed by atoms with Gasteiger partial charge in [-0.2, -0.15) is 18.2 Å². The highest BCUT2D eigenvalue weighted by Crippen LogP contribution is 2.40. The van der Waals surface area contributed by atoms with Gasteiger partial charge in [0.2, 0.25) is 17.7 Å². The van der Waals surface area contributed by atoms with Crippen molar-refractivity contribution in [3.63, 3.8) is 0 Å². The fourth-order valence-electron chi connectivity index (χ4n) is 4.47. The summed E-state index contributed by atoms with van der Waals surface area (Å²) in [5.74, 6) is 1.57. The van der Waals surface area contributed by atoms with E-state index >= 15 is 0 Å². The molecule has 1 atom stereocenters. The van der Waals surface area contributed by atoms with Crippen molar-refractivity contribution in [2.24, 2.45) is 0 Å². The zero-order chi connectivity index (χ0) is 26.9. The minimum atomic E-state index is -4.51. The number of hydrogen-bond acceptors (Lipinski definition) is 9. The molecule has 0 unspecified atom stereocenters. The average molecular weight is 530 g/mol. The molecule has 0 radical (unpaired) electrons. The van der Waals surface area contributed by atoms with Crippen molar-refractivity contribution in [1.29, 1.82) is 0 Å². The maximum absolute atomic E-state index is 13.0. The van der Waals surface area contributed by atoms with Crippen LogP contribution in [0.5, 0.6) is 11.6 Å². The largest absolute Gasteiger partial charge is 0.437 e. The van der Waals surface area contributed by atoms with Crippen LogP contribution in [-0.4, -0.2) is 58.7 Å². The first-order chi connectivity index (χ1) is 18.2. The maximum Gasteiger partial charge on any atom is 0.433 e. The van der Waals surface area contributed by atoms with Gasteiger partial charge in [0.15, 0.2) is 5.82 Å². The third-order valence-electron chi connectivity index (χ3n) is 6.40. The second-order valence-corrected chi connectivity index (χ2v) is 8.96. The third-order valence-corrected chi connectivity index (χ3v) is 6.40. The van der Waals surface area contributed by atoms with E-state index in [2.05, 4.69) is 20.3 Å². The van der Waals surface area contributed by atoms with Crippen LogP contribution in [0.3, 0.4) is 0 Å². The summed E-state index contributed by atoms with van der Waals surface area (Å²) in [5, 5.41) is 3.24. The number of carbonyl (C=O) groups is 1. The van der Waals surface area contributed by atoms with Gasteiger partial charge in [-0.05, 0) is 37.5 Å². The van der Waals surface area contributed by atoms with Gasteiger partial charge in [-0.3, -0.25) is 4.79 Å². The molecular weight excluding hydrogens is 503 g/mol. The average Bonchev–Trinajstić information content (AvgIpc) is 2.91. The lowest BCUT2D eigenvalue weighted by atomic mass is 10.0. The SMILES string of the molecule is COCCN1c2nc(NCc3ccc(Oc4ccc(C(F)(F)F)nc4)nc3)nc3c2N(CCC3)C(=O)[C@@H]1C. The minimum Gasteiger partial charge on any atom is -0.437 e. The molecule has 1 amide bonds. The standard InChI is InChI=1S/C25H26F3N7O3/c1-15-23(36)35-9-3-4-18-21(35)22(34(15)10-11-37-2)33-24(32-18)31-13-16-5-8-20(30-12-16)38-17-6-7-19(29-14-17)25(26,27)28/h5-8,12,14-15H,3-4,9-11,13H2,1-2H3,(H,31,32,33)/t15-/m0/s1. The maximum atomic E-state index is 13.0. The van der Waals surface area contributed by atoms with E-state index in [1.165, 1.54) is 6.07 Å². The first-order valence-corrected chi connectivity index (χ1v) is 12.1. The second kappa shape index (κ2) is 10.4. The van der Waals surface area contributed by atoms with Crippen LogP contribution in [0.15, 0.2) is 36.7 Å². The number of nitrogens with zero attached hydrogens (tertiary/aromatic N) is 6. The van der Waals surface area contributed by atoms with E-state index in [1.54, 1.807) is 30.3 Å². The molecule has 200 valence electrons. The summed E-state index contributed by atoms with van der Waals surface area (Å²) in [5.41, 5.74) is 1.44. The smallest absolute Gasteiger partial charge is 0.433 e. The summed E-state index contributed by atoms with van der Waals surface area (Å²) in [7, 11) is 1.62. The van der Waals surface area contributed by atoms with Crippen molar-refractivity contribution in [3.05, 3.63) is 53.6 Å². The highest BCUT2D eigenvalue weighted by molar-refractivity contribution is 6.05. The number of pyridine rings is 2. The van der Waals surface area contributed by atoms with Gasteiger partial charge < -0.3 is 24.6 Å². The predicted octanol–water partition coefficient (Wildman–Crippen LogP) is 3.82. The van der Waals surface area contributed by atoms with Crippen LogP contribution < -0.4 is 19.9 Å². The zero-order valence-corrected chi connectivity index (χ0v) is 20.8. The molecule has 0 saturated heterocycles. The summed E-state index contributed by atoms with van der Waals surface area (Å²) in [6.45, 7) is 3.89. The Labute approximate surface area is 216 Å². The van der Waals surface area contributed by atoms with Crippen LogP contribution in [0.25, 0.3) is 0 Å². The highest BCUT2D eigenvalue weighted by atomic mass is 19.4. The molecule has 5 heterocycles. The van der Waals surface area contributed by atoms with Crippen LogP contribution >= 0.6 is 0 Å². The van der Waals surface area contributed by atoms with Crippen molar-refractivity contribution >= 4 is 23.4 Å². The lowest BCUT2D eigenvalue weighted by Crippen LogP contribution is -2.55. The number of rotatable bonds is 8. The van der Waals surface area contributed by atoms with Crippen LogP contribution in [0.2, 0.25) is 0 Å². The molecule has 13 heteroatoms. The molecule has 2 aliphatic heterocycles. The quantitative estimate of drug-likeness (QED) is 0.466. The first-order valence-electron chi connectivity index (χ1n) is 12.1. The number of anilines is 3. The number of aromatic nitrogens is 4. The van der Waals surface area contributed by atoms with Gasteiger partial charge in [0, 0.05) is 39.0 Å². The van der Waals surface area contributed by atoms with Crippen molar-refractivity contribution in [3.8, 4) is 11.6 Å². The van der Waals surface area contributed by atoms with E-state index in [0.717, 1.165) is 42.0 Å². The summed E-state index contributed by atoms with van der Waals surface area (Å²) < 4.78 is 48.8. The van der Waals surface area contributed by atoms with Gasteiger partial charge in [-0.1, -0.05) is 6.07 Å². The van der Waals surface area contributed by atoms with Crippen LogP contribution in [0.1, 0.15) is 30.3 Å². The number of methoxy groups -OCH3 is 1. The summed E-state index contributed by atoms with van der Waals surface area (Å²) in [6.07, 6.45) is -0.329. The van der Waals surface area contributed by atoms with Crippen molar-refractivity contribution in [1.82, 2.24) is 19.9 Å². The van der Waals surface area contributed by atoms with E-state index in [0.29, 0.717) is 38.0 Å². The first kappa shape index (κ1) is 25.6. The molecule has 0 bridgehead atoms. The molecule has 3 aromatic rings. The monoisotopic (exact) mass is 529 g/mol. The van der Waals surface area contributed by atoms with Gasteiger partial charge in [0.1, 0.15) is 23.2 Å². The van der Waals surface area contributed by atoms with Gasteiger partial charge in [0.05, 0.1) is 18.5 Å². The molecule has 0 saturated carbocycles. The summed E-state index contributed by atoms with van der Waals surface area (Å²) in [4.78, 5) is 33.8. The van der Waals surface area contributed by atoms with Crippen molar-refractivity contribution in [2.75, 3.05) is 41.9 Å². The normalized spacial score (nSPS) is 16.9. The van der Waals surface area contributed by atoms with Crippen molar-refractivity contribution < 1.29 is 27.4 Å². The Morgan fingerprint density at radius 3 is 2.66 bits per heavy atom. The number of nitrogens with one attached hydrogen (secondary N) is 1. The molecular formula is C25H26F3N7O3. The number of carbonyl (C=O) groups excluding carboxylic acids is 1. The van der Waals surface area contributed by atoms with E-state index in [9.17, 15) is 18.0 Å². The fraction of sp³-hybridized carbons (Fsp3) is 0.400. The molecule has 10 nitrogen and oxygen atoms in total. The Kier molecular flexibility index (Phi) is 7.02. The van der Waals surface area contributed by atoms with E-state index in [-0.39, 0.29) is 23.6 Å². The fourth-order valence-corrected chi connectivity index (χ4v) is 4.47. The van der Waals surface area contributed by atoms with Gasteiger partial charge in [-0.25, -0.2) is 15.0 Å². The van der Waals surface area contributed by atoms with Gasteiger partial charge >= 0.3 is 6.18 Å². The predicted molar refractivity (Wildman–Crippen MR) is 132 cm³/mol. The summed E-state index contributed by atoms with van der Waals surface area (Å²) >= 11 is 0. The third kappa shape index (κ3) is 5.19. The molecule has 2 aliphatic rings. The summed E-state index contributed by atoms with van der Waals surface area (Å²) in [6, 6.07) is 5.08. The Morgan fingerprint density at radius 2 is 1.97 bits per heavy atom. The molecule has 0 fully saturated rings. The Morgan fingerprint density at radius 1 is 1.13 bits per heavy atom. The molecule has 38 heavy (non-hydrogen) atoms. The Bertz CT molecular complexity index is 1300. The number of halogens is 3. The minimum absolute atomic E-state index is 0.0410. The number of amides is 1. The molecule has 0 spiro atoms. The number of hydrogen-bond donors (Lipinski definition) is 1. The van der Waals surface area contributed by atoms with Gasteiger partial charge in [-0.15, -0.1) is 0 Å². The molecule has 0 aliphatic carbocycles. The Hall–Kier alpha value is -4.00. The highest BCUT2D eigenvalue weighted by Gasteiger charge is 2.40. The number of alkyl halides is 3. The zero-order valence-electron chi connectivity index (χ0n) is 20.8. The lowest BCUT2D eigenvalue weighted by Gasteiger charge is -2.43. The molecule has 3 aromatic heterocycles. The van der Waals surface area contributed by atoms with Crippen LogP contribution in [-0.2, 0) is 28.7 Å². The lowest BCUT2D eigenvalue weighted by molar-refractivity contribution is -0.141. The molecule has 5 rings (SSSR count). The number of aryl methyl sites for hydroxylation is 1. The van der Waals surface area contributed by atoms with Crippen LogP contribution in [0, 0.1) is 0 Å². The Balaban J connectivity index is 1.29. The van der Waals surface area contributed by atoms with Crippen molar-refractivity contribution in [2.45, 2.75) is 38.5 Å². The second-order valence-electron chi connectivity index (χ2n) is 8.96. The van der Waals surface area contributed by atoms with E-state index in [1.807, 2.05) is 11.8 Å². The molecule has 1 N–H and O–H groups in total. The topological polar surface area (TPSA) is 106 Å². The van der Waals surface area contributed by atoms with Crippen LogP contribution in [0.4, 0.5) is 30.6 Å². The number of ether oxygens (including phenoxy) is 2.